The summed E-state index contributed by atoms with van der Waals surface area (Å²) in [5, 5.41) is 0. The van der Waals surface area contributed by atoms with E-state index in [0.29, 0.717) is 5.69 Å². The van der Waals surface area contributed by atoms with Crippen LogP contribution in [0.1, 0.15) is 43.0 Å². The molecule has 1 aromatic heterocycles. The Hall–Kier alpha value is -2.67. The molecule has 0 unspecified atom stereocenters. The Labute approximate surface area is 142 Å². The third-order valence-corrected chi connectivity index (χ3v) is 4.30. The zero-order chi connectivity index (χ0) is 17.2. The molecule has 4 rings (SSSR count). The average molecular weight is 319 g/mol. The predicted molar refractivity (Wildman–Crippen MR) is 94.3 cm³/mol. The highest BCUT2D eigenvalue weighted by Crippen LogP contribution is 2.32. The van der Waals surface area contributed by atoms with Gasteiger partial charge in [0.15, 0.2) is 0 Å². The number of rotatable bonds is 1. The van der Waals surface area contributed by atoms with Gasteiger partial charge in [0, 0.05) is 19.3 Å². The molecule has 3 aliphatic rings. The van der Waals surface area contributed by atoms with Gasteiger partial charge in [-0.2, -0.15) is 0 Å². The standard InChI is InChI=1S/C14H17N3O.C6H4/c1-4-11-6-8-15-12(16-11)13(18)17-9-5-7-14(2,3)10-17;1-2-5-4-6(5)3-1/h1,6,8H,5,7,9-10H2,2-3H3;1-4H. The van der Waals surface area contributed by atoms with Crippen LogP contribution in [0.2, 0.25) is 0 Å². The fourth-order valence-electron chi connectivity index (χ4n) is 2.96. The first-order valence-corrected chi connectivity index (χ1v) is 8.18. The summed E-state index contributed by atoms with van der Waals surface area (Å²) in [5.74, 6) is 2.49. The normalized spacial score (nSPS) is 16.5. The van der Waals surface area contributed by atoms with Gasteiger partial charge in [-0.05, 0) is 41.5 Å². The number of likely N-dealkylation sites (tertiary alicyclic amines) is 1. The lowest BCUT2D eigenvalue weighted by Gasteiger charge is -2.37. The molecule has 0 bridgehead atoms. The molecule has 1 fully saturated rings. The molecule has 1 saturated heterocycles. The number of aromatic nitrogens is 2. The van der Waals surface area contributed by atoms with Crippen LogP contribution < -0.4 is 0 Å². The van der Waals surface area contributed by atoms with Crippen molar-refractivity contribution in [3.8, 4) is 23.5 Å². The van der Waals surface area contributed by atoms with Crippen molar-refractivity contribution in [1.29, 1.82) is 0 Å². The molecule has 1 amide bonds. The molecule has 0 N–H and O–H groups in total. The van der Waals surface area contributed by atoms with E-state index in [1.165, 1.54) is 17.3 Å². The summed E-state index contributed by atoms with van der Waals surface area (Å²) in [6.45, 7) is 5.86. The Morgan fingerprint density at radius 2 is 2.04 bits per heavy atom. The van der Waals surface area contributed by atoms with Gasteiger partial charge >= 0.3 is 0 Å². The van der Waals surface area contributed by atoms with Crippen molar-refractivity contribution in [3.05, 3.63) is 48.0 Å². The molecule has 1 aromatic rings. The molecule has 2 heterocycles. The number of piperidine rings is 1. The monoisotopic (exact) mass is 319 g/mol. The highest BCUT2D eigenvalue weighted by molar-refractivity contribution is 5.90. The van der Waals surface area contributed by atoms with Crippen LogP contribution in [0.3, 0.4) is 0 Å². The first-order chi connectivity index (χ1) is 11.5. The molecule has 4 heteroatoms. The molecule has 2 aliphatic carbocycles. The van der Waals surface area contributed by atoms with E-state index in [0.717, 1.165) is 25.9 Å². The molecule has 0 radical (unpaired) electrons. The van der Waals surface area contributed by atoms with Gasteiger partial charge in [-0.15, -0.1) is 6.42 Å². The Morgan fingerprint density at radius 1 is 1.29 bits per heavy atom. The van der Waals surface area contributed by atoms with Gasteiger partial charge in [-0.1, -0.05) is 38.0 Å². The molecule has 0 aromatic carbocycles. The Balaban J connectivity index is 0.000000231. The topological polar surface area (TPSA) is 46.1 Å². The Bertz CT molecular complexity index is 787. The van der Waals surface area contributed by atoms with Crippen LogP contribution in [0.15, 0.2) is 36.5 Å². The van der Waals surface area contributed by atoms with Crippen molar-refractivity contribution in [3.63, 3.8) is 0 Å². The van der Waals surface area contributed by atoms with Crippen molar-refractivity contribution < 1.29 is 4.79 Å². The Morgan fingerprint density at radius 3 is 2.58 bits per heavy atom. The maximum atomic E-state index is 12.3. The van der Waals surface area contributed by atoms with E-state index < -0.39 is 0 Å². The highest BCUT2D eigenvalue weighted by atomic mass is 16.2. The van der Waals surface area contributed by atoms with Gasteiger partial charge < -0.3 is 4.90 Å². The first kappa shape index (κ1) is 16.2. The second kappa shape index (κ2) is 6.45. The predicted octanol–water partition coefficient (Wildman–Crippen LogP) is 3.39. The summed E-state index contributed by atoms with van der Waals surface area (Å²) in [7, 11) is 0. The number of hydrogen-bond donors (Lipinski definition) is 0. The lowest BCUT2D eigenvalue weighted by Crippen LogP contribution is -2.44. The molecule has 122 valence electrons. The molecular weight excluding hydrogens is 298 g/mol. The molecule has 0 spiro atoms. The summed E-state index contributed by atoms with van der Waals surface area (Å²) in [6.07, 6.45) is 8.97. The van der Waals surface area contributed by atoms with E-state index in [9.17, 15) is 4.79 Å². The number of benzene rings is 1. The van der Waals surface area contributed by atoms with Crippen LogP contribution in [0, 0.1) is 17.8 Å². The molecule has 4 nitrogen and oxygen atoms in total. The summed E-state index contributed by atoms with van der Waals surface area (Å²) >= 11 is 0. The van der Waals surface area contributed by atoms with Crippen molar-refractivity contribution in [2.75, 3.05) is 13.1 Å². The number of carbonyl (C=O) groups excluding carboxylic acids is 1. The van der Waals surface area contributed by atoms with E-state index in [2.05, 4.69) is 54.0 Å². The zero-order valence-corrected chi connectivity index (χ0v) is 14.1. The van der Waals surface area contributed by atoms with Crippen LogP contribution in [0.4, 0.5) is 0 Å². The van der Waals surface area contributed by atoms with Gasteiger partial charge in [0.05, 0.1) is 0 Å². The minimum atomic E-state index is -0.125. The Kier molecular flexibility index (Phi) is 4.35. The summed E-state index contributed by atoms with van der Waals surface area (Å²) in [5.41, 5.74) is 3.46. The number of nitrogens with zero attached hydrogens (tertiary/aromatic N) is 3. The van der Waals surface area contributed by atoms with Gasteiger partial charge in [-0.3, -0.25) is 4.79 Å². The first-order valence-electron chi connectivity index (χ1n) is 8.18. The largest absolute Gasteiger partial charge is 0.335 e. The summed E-state index contributed by atoms with van der Waals surface area (Å²) in [6, 6.07) is 10.1. The number of hydrogen-bond acceptors (Lipinski definition) is 3. The second-order valence-electron chi connectivity index (χ2n) is 6.99. The minimum Gasteiger partial charge on any atom is -0.335 e. The van der Waals surface area contributed by atoms with Gasteiger partial charge in [-0.25, -0.2) is 9.97 Å². The zero-order valence-electron chi connectivity index (χ0n) is 14.1. The summed E-state index contributed by atoms with van der Waals surface area (Å²) < 4.78 is 0. The number of fused-ring (bicyclic) bond motifs is 1. The smallest absolute Gasteiger partial charge is 0.291 e. The fraction of sp³-hybridized carbons (Fsp3) is 0.350. The van der Waals surface area contributed by atoms with Gasteiger partial charge in [0.25, 0.3) is 5.91 Å². The second-order valence-corrected chi connectivity index (χ2v) is 6.99. The van der Waals surface area contributed by atoms with Crippen LogP contribution in [0.5, 0.6) is 0 Å². The van der Waals surface area contributed by atoms with Crippen LogP contribution >= 0.6 is 0 Å². The molecule has 0 atom stereocenters. The average Bonchev–Trinajstić information content (AvgIpc) is 3.19. The van der Waals surface area contributed by atoms with Crippen molar-refractivity contribution >= 4 is 5.91 Å². The molecular formula is C20H21N3O. The van der Waals surface area contributed by atoms with Crippen LogP contribution in [-0.4, -0.2) is 33.9 Å². The minimum absolute atomic E-state index is 0.125. The van der Waals surface area contributed by atoms with E-state index >= 15 is 0 Å². The number of terminal acetylenes is 1. The van der Waals surface area contributed by atoms with Crippen molar-refractivity contribution in [2.24, 2.45) is 5.41 Å². The third kappa shape index (κ3) is 3.80. The van der Waals surface area contributed by atoms with Gasteiger partial charge in [0.1, 0.15) is 5.69 Å². The molecule has 1 aliphatic heterocycles. The highest BCUT2D eigenvalue weighted by Gasteiger charge is 2.30. The fourth-order valence-corrected chi connectivity index (χ4v) is 2.96. The maximum Gasteiger partial charge on any atom is 0.291 e. The lowest BCUT2D eigenvalue weighted by atomic mass is 9.84. The van der Waals surface area contributed by atoms with Gasteiger partial charge in [0.2, 0.25) is 5.82 Å². The quantitative estimate of drug-likeness (QED) is 0.646. The molecule has 24 heavy (non-hydrogen) atoms. The van der Waals surface area contributed by atoms with Crippen LogP contribution in [0.25, 0.3) is 11.1 Å². The van der Waals surface area contributed by atoms with E-state index in [4.69, 9.17) is 6.42 Å². The van der Waals surface area contributed by atoms with E-state index in [-0.39, 0.29) is 17.1 Å². The van der Waals surface area contributed by atoms with E-state index in [1.807, 2.05) is 4.90 Å². The SMILES string of the molecule is C#Cc1ccnc(C(=O)N2CCCC(C)(C)C2)n1.c1cc2cc-2c1. The van der Waals surface area contributed by atoms with E-state index in [1.54, 1.807) is 6.07 Å². The maximum absolute atomic E-state index is 12.3. The lowest BCUT2D eigenvalue weighted by molar-refractivity contribution is 0.0571. The molecule has 0 saturated carbocycles. The van der Waals surface area contributed by atoms with Crippen molar-refractivity contribution in [2.45, 2.75) is 26.7 Å². The number of amides is 1. The van der Waals surface area contributed by atoms with Crippen molar-refractivity contribution in [1.82, 2.24) is 14.9 Å². The van der Waals surface area contributed by atoms with Crippen LogP contribution in [-0.2, 0) is 0 Å². The third-order valence-electron chi connectivity index (χ3n) is 4.30. The summed E-state index contributed by atoms with van der Waals surface area (Å²) in [4.78, 5) is 22.2. The number of carbonyl (C=O) groups is 1.